The molecule has 1 aromatic rings. The Morgan fingerprint density at radius 2 is 2.07 bits per heavy atom. The van der Waals surface area contributed by atoms with Crippen LogP contribution in [0.2, 0.25) is 0 Å². The predicted molar refractivity (Wildman–Crippen MR) is 55.3 cm³/mol. The number of benzene rings is 1. The van der Waals surface area contributed by atoms with Gasteiger partial charge in [0.15, 0.2) is 0 Å². The summed E-state index contributed by atoms with van der Waals surface area (Å²) in [4.78, 5) is 0. The number of hydrogen-bond donors (Lipinski definition) is 1. The highest BCUT2D eigenvalue weighted by Crippen LogP contribution is 2.38. The van der Waals surface area contributed by atoms with Crippen LogP contribution in [0.1, 0.15) is 36.4 Å². The fourth-order valence-electron chi connectivity index (χ4n) is 2.15. The molecule has 1 aromatic carbocycles. The van der Waals surface area contributed by atoms with Crippen molar-refractivity contribution in [1.29, 1.82) is 0 Å². The highest BCUT2D eigenvalue weighted by Gasteiger charge is 2.28. The summed E-state index contributed by atoms with van der Waals surface area (Å²) in [7, 11) is 0. The quantitative estimate of drug-likeness (QED) is 0.773. The van der Waals surface area contributed by atoms with E-state index in [4.69, 9.17) is 10.5 Å². The first-order valence-corrected chi connectivity index (χ1v) is 5.38. The van der Waals surface area contributed by atoms with Crippen LogP contribution in [-0.4, -0.2) is 6.10 Å². The second-order valence-corrected chi connectivity index (χ2v) is 4.29. The second-order valence-electron chi connectivity index (χ2n) is 4.29. The minimum atomic E-state index is 0.194. The van der Waals surface area contributed by atoms with Gasteiger partial charge in [-0.1, -0.05) is 12.1 Å². The van der Waals surface area contributed by atoms with Crippen LogP contribution in [-0.2, 0) is 6.42 Å². The van der Waals surface area contributed by atoms with Gasteiger partial charge in [-0.25, -0.2) is 0 Å². The van der Waals surface area contributed by atoms with Crippen molar-refractivity contribution in [2.75, 3.05) is 0 Å². The molecule has 2 N–H and O–H groups in total. The average Bonchev–Trinajstić information content (AvgIpc) is 2.91. The topological polar surface area (TPSA) is 35.2 Å². The summed E-state index contributed by atoms with van der Waals surface area (Å²) in [6.07, 6.45) is 5.06. The molecule has 0 aliphatic heterocycles. The van der Waals surface area contributed by atoms with Gasteiger partial charge in [0.25, 0.3) is 0 Å². The minimum Gasteiger partial charge on any atom is -0.490 e. The molecule has 0 radical (unpaired) electrons. The molecular weight excluding hydrogens is 174 g/mol. The molecule has 2 heteroatoms. The lowest BCUT2D eigenvalue weighted by atomic mass is 10.1. The number of hydrogen-bond acceptors (Lipinski definition) is 2. The van der Waals surface area contributed by atoms with Gasteiger partial charge in [-0.2, -0.15) is 0 Å². The molecule has 0 aromatic heterocycles. The van der Waals surface area contributed by atoms with E-state index in [0.717, 1.165) is 18.6 Å². The molecule has 14 heavy (non-hydrogen) atoms. The fourth-order valence-corrected chi connectivity index (χ4v) is 2.15. The smallest absolute Gasteiger partial charge is 0.124 e. The van der Waals surface area contributed by atoms with E-state index < -0.39 is 0 Å². The Balaban J connectivity index is 1.97. The molecule has 0 saturated heterocycles. The maximum atomic E-state index is 6.06. The zero-order valence-corrected chi connectivity index (χ0v) is 8.20. The molecule has 1 saturated carbocycles. The molecule has 1 atom stereocenters. The number of nitrogens with two attached hydrogens (primary N) is 1. The Morgan fingerprint density at radius 1 is 1.21 bits per heavy atom. The summed E-state index contributed by atoms with van der Waals surface area (Å²) in [6, 6.07) is 6.50. The lowest BCUT2D eigenvalue weighted by Crippen LogP contribution is -2.08. The van der Waals surface area contributed by atoms with Gasteiger partial charge in [0.05, 0.1) is 6.10 Å². The van der Waals surface area contributed by atoms with E-state index >= 15 is 0 Å². The van der Waals surface area contributed by atoms with E-state index in [2.05, 4.69) is 18.2 Å². The van der Waals surface area contributed by atoms with Crippen LogP contribution in [0.25, 0.3) is 0 Å². The first-order valence-electron chi connectivity index (χ1n) is 5.38. The zero-order chi connectivity index (χ0) is 9.54. The van der Waals surface area contributed by atoms with E-state index in [-0.39, 0.29) is 6.04 Å². The summed E-state index contributed by atoms with van der Waals surface area (Å²) in [5.41, 5.74) is 8.71. The average molecular weight is 189 g/mol. The molecule has 1 fully saturated rings. The minimum absolute atomic E-state index is 0.194. The number of aryl methyl sites for hydroxylation is 1. The van der Waals surface area contributed by atoms with Crippen LogP contribution in [0.5, 0.6) is 5.75 Å². The number of rotatable bonds is 2. The van der Waals surface area contributed by atoms with Crippen molar-refractivity contribution in [1.82, 2.24) is 0 Å². The third kappa shape index (κ3) is 1.30. The molecule has 2 aliphatic carbocycles. The van der Waals surface area contributed by atoms with Gasteiger partial charge in [-0.05, 0) is 37.3 Å². The Labute approximate surface area is 84.1 Å². The van der Waals surface area contributed by atoms with Crippen molar-refractivity contribution < 1.29 is 4.74 Å². The van der Waals surface area contributed by atoms with Crippen molar-refractivity contribution >= 4 is 0 Å². The summed E-state index contributed by atoms with van der Waals surface area (Å²) in [5, 5.41) is 0. The Kier molecular flexibility index (Phi) is 1.77. The molecular formula is C12H15NO. The Bertz CT molecular complexity index is 357. The van der Waals surface area contributed by atoms with Gasteiger partial charge in [-0.3, -0.25) is 0 Å². The van der Waals surface area contributed by atoms with Gasteiger partial charge in [0.2, 0.25) is 0 Å². The summed E-state index contributed by atoms with van der Waals surface area (Å²) in [5.74, 6) is 1.04. The first-order chi connectivity index (χ1) is 6.84. The van der Waals surface area contributed by atoms with Gasteiger partial charge in [-0.15, -0.1) is 0 Å². The highest BCUT2D eigenvalue weighted by atomic mass is 16.5. The lowest BCUT2D eigenvalue weighted by Gasteiger charge is -2.12. The standard InChI is InChI=1S/C12H15NO/c13-10-7-4-8-2-1-3-11(12(8)10)14-9-5-6-9/h1-3,9-10H,4-7,13H2/t10-/m1/s1. The second kappa shape index (κ2) is 2.99. The molecule has 0 heterocycles. The molecule has 2 aliphatic rings. The molecule has 2 nitrogen and oxygen atoms in total. The van der Waals surface area contributed by atoms with Crippen LogP contribution < -0.4 is 10.5 Å². The number of ether oxygens (including phenoxy) is 1. The number of fused-ring (bicyclic) bond motifs is 1. The molecule has 0 unspecified atom stereocenters. The van der Waals surface area contributed by atoms with Gasteiger partial charge >= 0.3 is 0 Å². The fraction of sp³-hybridized carbons (Fsp3) is 0.500. The van der Waals surface area contributed by atoms with Crippen molar-refractivity contribution in [3.8, 4) is 5.75 Å². The van der Waals surface area contributed by atoms with Gasteiger partial charge in [0.1, 0.15) is 5.75 Å². The third-order valence-corrected chi connectivity index (χ3v) is 3.07. The summed E-state index contributed by atoms with van der Waals surface area (Å²) >= 11 is 0. The molecule has 0 spiro atoms. The summed E-state index contributed by atoms with van der Waals surface area (Å²) < 4.78 is 5.86. The molecule has 0 bridgehead atoms. The van der Waals surface area contributed by atoms with Crippen molar-refractivity contribution in [2.45, 2.75) is 37.8 Å². The molecule has 3 rings (SSSR count). The van der Waals surface area contributed by atoms with E-state index in [1.807, 2.05) is 0 Å². The molecule has 74 valence electrons. The maximum absolute atomic E-state index is 6.06. The normalized spacial score (nSPS) is 24.8. The zero-order valence-electron chi connectivity index (χ0n) is 8.20. The first kappa shape index (κ1) is 8.30. The van der Waals surface area contributed by atoms with E-state index in [0.29, 0.717) is 6.10 Å². The van der Waals surface area contributed by atoms with Crippen LogP contribution in [0, 0.1) is 0 Å². The van der Waals surface area contributed by atoms with Crippen molar-refractivity contribution in [3.05, 3.63) is 29.3 Å². The monoisotopic (exact) mass is 189 g/mol. The van der Waals surface area contributed by atoms with Crippen LogP contribution in [0.4, 0.5) is 0 Å². The van der Waals surface area contributed by atoms with Gasteiger partial charge < -0.3 is 10.5 Å². The summed E-state index contributed by atoms with van der Waals surface area (Å²) in [6.45, 7) is 0. The van der Waals surface area contributed by atoms with E-state index in [9.17, 15) is 0 Å². The van der Waals surface area contributed by atoms with Crippen LogP contribution >= 0.6 is 0 Å². The molecule has 0 amide bonds. The van der Waals surface area contributed by atoms with Crippen molar-refractivity contribution in [3.63, 3.8) is 0 Å². The van der Waals surface area contributed by atoms with E-state index in [1.54, 1.807) is 0 Å². The SMILES string of the molecule is N[C@@H]1CCc2cccc(OC3CC3)c21. The largest absolute Gasteiger partial charge is 0.490 e. The lowest BCUT2D eigenvalue weighted by molar-refractivity contribution is 0.298. The van der Waals surface area contributed by atoms with Crippen LogP contribution in [0.3, 0.4) is 0 Å². The maximum Gasteiger partial charge on any atom is 0.124 e. The van der Waals surface area contributed by atoms with Crippen LogP contribution in [0.15, 0.2) is 18.2 Å². The highest BCUT2D eigenvalue weighted by molar-refractivity contribution is 5.45. The Hall–Kier alpha value is -1.02. The van der Waals surface area contributed by atoms with Gasteiger partial charge in [0, 0.05) is 11.6 Å². The third-order valence-electron chi connectivity index (χ3n) is 3.07. The predicted octanol–water partition coefficient (Wildman–Crippen LogP) is 2.17. The van der Waals surface area contributed by atoms with Crippen molar-refractivity contribution in [2.24, 2.45) is 5.73 Å². The van der Waals surface area contributed by atoms with E-state index in [1.165, 1.54) is 24.0 Å². The Morgan fingerprint density at radius 3 is 2.86 bits per heavy atom.